The third kappa shape index (κ3) is 30.2. The molecule has 272 valence electrons. The van der Waals surface area contributed by atoms with Gasteiger partial charge in [-0.2, -0.15) is 0 Å². The number of primary amides is 1. The fourth-order valence-corrected chi connectivity index (χ4v) is 5.43. The molecule has 0 saturated carbocycles. The number of rotatable bonds is 11. The first kappa shape index (κ1) is 53.1. The molecule has 4 N–H and O–H groups in total. The third-order valence-corrected chi connectivity index (χ3v) is 8.03. The second kappa shape index (κ2) is 42.6. The number of hydrogen-bond donors (Lipinski definition) is 2. The molecular weight excluding hydrogens is 576 g/mol. The smallest absolute Gasteiger partial charge is 0.204 e. The van der Waals surface area contributed by atoms with E-state index in [9.17, 15) is 0 Å². The molecule has 2 aliphatic heterocycles. The van der Waals surface area contributed by atoms with Gasteiger partial charge in [0.2, 0.25) is 6.41 Å². The van der Waals surface area contributed by atoms with Crippen LogP contribution >= 0.6 is 0 Å². The maximum Gasteiger partial charge on any atom is 0.204 e. The van der Waals surface area contributed by atoms with Gasteiger partial charge in [-0.3, -0.25) is 14.7 Å². The highest BCUT2D eigenvalue weighted by Gasteiger charge is 2.24. The van der Waals surface area contributed by atoms with Gasteiger partial charge < -0.3 is 25.8 Å². The third-order valence-electron chi connectivity index (χ3n) is 8.03. The molecule has 8 nitrogen and oxygen atoms in total. The Hall–Kier alpha value is -2.42. The molecule has 0 bridgehead atoms. The average Bonchev–Trinajstić information content (AvgIpc) is 3.10. The Morgan fingerprint density at radius 1 is 1.02 bits per heavy atom. The Morgan fingerprint density at radius 2 is 1.54 bits per heavy atom. The minimum absolute atomic E-state index is 0. The number of piperidine rings is 1. The predicted molar refractivity (Wildman–Crippen MR) is 202 cm³/mol. The number of ether oxygens (including phenoxy) is 1. The number of carbonyl (C=O) groups excluding carboxylic acids is 3. The summed E-state index contributed by atoms with van der Waals surface area (Å²) in [6, 6.07) is 0. The van der Waals surface area contributed by atoms with Crippen LogP contribution < -0.4 is 11.5 Å². The number of aliphatic imine (C=N–C) groups is 1. The van der Waals surface area contributed by atoms with Crippen LogP contribution in [0.3, 0.4) is 0 Å². The molecule has 0 spiro atoms. The zero-order valence-electron chi connectivity index (χ0n) is 30.2. The van der Waals surface area contributed by atoms with Gasteiger partial charge in [0.25, 0.3) is 0 Å². The average molecular weight is 653 g/mol. The van der Waals surface area contributed by atoms with Crippen molar-refractivity contribution in [1.29, 1.82) is 0 Å². The first-order valence-corrected chi connectivity index (χ1v) is 17.0. The van der Waals surface area contributed by atoms with Gasteiger partial charge >= 0.3 is 0 Å². The van der Waals surface area contributed by atoms with E-state index in [1.807, 2.05) is 13.6 Å². The molecule has 2 heterocycles. The number of nitrogens with two attached hydrogens (primary N) is 2. The van der Waals surface area contributed by atoms with E-state index < -0.39 is 0 Å². The highest BCUT2D eigenvalue weighted by atomic mass is 16.5. The van der Waals surface area contributed by atoms with E-state index in [1.165, 1.54) is 108 Å². The quantitative estimate of drug-likeness (QED) is 0.131. The summed E-state index contributed by atoms with van der Waals surface area (Å²) in [6.45, 7) is 28.6. The largest absolute Gasteiger partial charge is 0.381 e. The van der Waals surface area contributed by atoms with Crippen molar-refractivity contribution in [3.63, 3.8) is 0 Å². The Labute approximate surface area is 285 Å². The number of unbranched alkanes of at least 4 members (excludes halogenated alkanes) is 2. The molecule has 2 saturated heterocycles. The van der Waals surface area contributed by atoms with Gasteiger partial charge in [0.05, 0.1) is 5.70 Å². The number of nitrogens with zero attached hydrogens (tertiary/aromatic N) is 2. The SMILES string of the molecule is C.C=C(CC(CCCC)C1CCOCC1)CN1CCCCC1.C=NC1=C(C)CC(CC)C=C1.C=O.C=O.CCCC.CN.NC=O. The van der Waals surface area contributed by atoms with Crippen LogP contribution in [0.2, 0.25) is 0 Å². The lowest BCUT2D eigenvalue weighted by molar-refractivity contribution is -0.107. The summed E-state index contributed by atoms with van der Waals surface area (Å²) in [5.74, 6) is 2.45. The molecule has 0 aromatic heterocycles. The molecule has 8 heteroatoms. The summed E-state index contributed by atoms with van der Waals surface area (Å²) in [6.07, 6.45) is 21.6. The standard InChI is InChI=1S/C19H35NO.C10H15N.C4H10.CH3NO.CH5N.2CH2O.CH4/c1-3-4-8-19(18-9-13-21-14-10-18)15-17(2)16-20-11-6-5-7-12-20;1-4-9-5-6-10(11-3)8(2)7-9;1-3-4-2;2-1-3;3*1-2;/h18-19H,2-16H2,1H3;5-6,9H,3-4,7H2,1-2H3;3-4H2,1-2H3;1H,(H2,2,3);2H2,1H3;2*1H2;1H4. The van der Waals surface area contributed by atoms with Gasteiger partial charge in [0, 0.05) is 19.8 Å². The maximum atomic E-state index is 8.58. The van der Waals surface area contributed by atoms with Crippen LogP contribution in [0.5, 0.6) is 0 Å². The molecule has 2 unspecified atom stereocenters. The summed E-state index contributed by atoms with van der Waals surface area (Å²) < 4.78 is 5.55. The molecule has 46 heavy (non-hydrogen) atoms. The monoisotopic (exact) mass is 653 g/mol. The van der Waals surface area contributed by atoms with Crippen LogP contribution in [0.25, 0.3) is 0 Å². The fourth-order valence-electron chi connectivity index (χ4n) is 5.43. The second-order valence-corrected chi connectivity index (χ2v) is 11.3. The number of amides is 1. The Bertz CT molecular complexity index is 726. The van der Waals surface area contributed by atoms with Gasteiger partial charge in [-0.05, 0) is 115 Å². The molecule has 2 atom stereocenters. The highest BCUT2D eigenvalue weighted by Crippen LogP contribution is 2.32. The predicted octanol–water partition coefficient (Wildman–Crippen LogP) is 8.35. The van der Waals surface area contributed by atoms with Gasteiger partial charge in [0.1, 0.15) is 13.6 Å². The zero-order chi connectivity index (χ0) is 35.3. The molecule has 2 fully saturated rings. The van der Waals surface area contributed by atoms with Crippen molar-refractivity contribution in [2.45, 2.75) is 126 Å². The van der Waals surface area contributed by atoms with Crippen molar-refractivity contribution in [2.24, 2.45) is 34.2 Å². The van der Waals surface area contributed by atoms with Gasteiger partial charge in [-0.1, -0.05) is 85.5 Å². The van der Waals surface area contributed by atoms with E-state index >= 15 is 0 Å². The first-order chi connectivity index (χ1) is 21.9. The van der Waals surface area contributed by atoms with Gasteiger partial charge in [-0.15, -0.1) is 0 Å². The lowest BCUT2D eigenvalue weighted by atomic mass is 9.79. The van der Waals surface area contributed by atoms with E-state index in [-0.39, 0.29) is 13.8 Å². The van der Waals surface area contributed by atoms with Crippen molar-refractivity contribution in [3.05, 3.63) is 35.6 Å². The van der Waals surface area contributed by atoms with E-state index in [4.69, 9.17) is 19.1 Å². The maximum absolute atomic E-state index is 8.58. The highest BCUT2D eigenvalue weighted by molar-refractivity contribution is 5.42. The lowest BCUT2D eigenvalue weighted by Crippen LogP contribution is -2.32. The van der Waals surface area contributed by atoms with Crippen molar-refractivity contribution >= 4 is 26.7 Å². The summed E-state index contributed by atoms with van der Waals surface area (Å²) in [7, 11) is 1.50. The molecule has 1 amide bonds. The number of hydrogen-bond acceptors (Lipinski definition) is 7. The molecular formula is C38H76N4O4. The van der Waals surface area contributed by atoms with E-state index in [0.717, 1.165) is 49.6 Å². The normalized spacial score (nSPS) is 17.5. The van der Waals surface area contributed by atoms with Crippen molar-refractivity contribution in [1.82, 2.24) is 4.90 Å². The molecule has 0 aromatic carbocycles. The summed E-state index contributed by atoms with van der Waals surface area (Å²) in [5.41, 5.74) is 12.6. The number of carbonyl (C=O) groups is 3. The fraction of sp³-hybridized carbons (Fsp3) is 0.737. The van der Waals surface area contributed by atoms with Gasteiger partial charge in [-0.25, -0.2) is 0 Å². The minimum atomic E-state index is 0. The summed E-state index contributed by atoms with van der Waals surface area (Å²) in [4.78, 5) is 31.1. The Morgan fingerprint density at radius 3 is 1.96 bits per heavy atom. The minimum Gasteiger partial charge on any atom is -0.381 e. The van der Waals surface area contributed by atoms with Crippen LogP contribution in [0, 0.1) is 17.8 Å². The Balaban J connectivity index is -0.000000189. The first-order valence-electron chi connectivity index (χ1n) is 17.0. The van der Waals surface area contributed by atoms with E-state index in [0.29, 0.717) is 0 Å². The van der Waals surface area contributed by atoms with Crippen molar-refractivity contribution in [2.75, 3.05) is 39.9 Å². The van der Waals surface area contributed by atoms with Crippen molar-refractivity contribution in [3.8, 4) is 0 Å². The van der Waals surface area contributed by atoms with Gasteiger partial charge in [0.15, 0.2) is 0 Å². The topological polar surface area (TPSA) is 128 Å². The molecule has 0 aromatic rings. The van der Waals surface area contributed by atoms with Crippen LogP contribution in [0.4, 0.5) is 0 Å². The van der Waals surface area contributed by atoms with Crippen LogP contribution in [-0.2, 0) is 19.1 Å². The lowest BCUT2D eigenvalue weighted by Gasteiger charge is -2.33. The van der Waals surface area contributed by atoms with Crippen LogP contribution in [0.1, 0.15) is 126 Å². The summed E-state index contributed by atoms with van der Waals surface area (Å²) in [5, 5.41) is 0. The van der Waals surface area contributed by atoms with E-state index in [2.05, 4.69) is 81.4 Å². The van der Waals surface area contributed by atoms with Crippen molar-refractivity contribution < 1.29 is 19.1 Å². The number of likely N-dealkylation sites (tertiary alicyclic amines) is 1. The second-order valence-electron chi connectivity index (χ2n) is 11.3. The molecule has 0 radical (unpaired) electrons. The molecule has 3 aliphatic rings. The molecule has 1 aliphatic carbocycles. The van der Waals surface area contributed by atoms with Crippen LogP contribution in [-0.4, -0.2) is 71.5 Å². The van der Waals surface area contributed by atoms with Crippen LogP contribution in [0.15, 0.2) is 40.6 Å². The summed E-state index contributed by atoms with van der Waals surface area (Å²) >= 11 is 0. The Kier molecular flexibility index (Phi) is 49.1. The number of allylic oxidation sites excluding steroid dienone is 3. The zero-order valence-corrected chi connectivity index (χ0v) is 30.2. The van der Waals surface area contributed by atoms with E-state index in [1.54, 1.807) is 0 Å². The molecule has 3 rings (SSSR count).